The maximum Gasteiger partial charge on any atom is 0.326 e. The van der Waals surface area contributed by atoms with Gasteiger partial charge >= 0.3 is 5.97 Å². The largest absolute Gasteiger partial charge is 0.468 e. The molecule has 0 spiro atoms. The topological polar surface area (TPSA) is 38.3 Å². The Bertz CT molecular complexity index is 248. The summed E-state index contributed by atoms with van der Waals surface area (Å²) in [4.78, 5) is 11.8. The number of thioether (sulfide) groups is 1. The predicted octanol–water partition coefficient (Wildman–Crippen LogP) is 2.59. The first-order chi connectivity index (χ1) is 8.18. The zero-order valence-electron chi connectivity index (χ0n) is 11.3. The molecule has 17 heavy (non-hydrogen) atoms. The van der Waals surface area contributed by atoms with Crippen molar-refractivity contribution in [3.8, 4) is 0 Å². The van der Waals surface area contributed by atoms with Crippen molar-refractivity contribution in [1.82, 2.24) is 5.32 Å². The standard InChI is InChI=1S/C13H25NO2S/c1-4-5-6-9-17-11-7-8-13(10-11,14-2)12(15)16-3/h11,14H,4-10H2,1-3H3. The molecule has 2 unspecified atom stereocenters. The number of rotatable bonds is 7. The van der Waals surface area contributed by atoms with Gasteiger partial charge in [0.15, 0.2) is 0 Å². The fourth-order valence-electron chi connectivity index (χ4n) is 2.45. The van der Waals surface area contributed by atoms with E-state index in [0.29, 0.717) is 5.25 Å². The number of esters is 1. The second-order valence-corrected chi connectivity index (χ2v) is 6.17. The number of hydrogen-bond donors (Lipinski definition) is 1. The van der Waals surface area contributed by atoms with E-state index >= 15 is 0 Å². The van der Waals surface area contributed by atoms with Crippen molar-refractivity contribution < 1.29 is 9.53 Å². The van der Waals surface area contributed by atoms with Crippen molar-refractivity contribution in [3.05, 3.63) is 0 Å². The van der Waals surface area contributed by atoms with Gasteiger partial charge in [-0.2, -0.15) is 11.8 Å². The van der Waals surface area contributed by atoms with Crippen molar-refractivity contribution in [1.29, 1.82) is 0 Å². The normalized spacial score (nSPS) is 28.3. The van der Waals surface area contributed by atoms with Crippen LogP contribution in [0, 0.1) is 0 Å². The van der Waals surface area contributed by atoms with Gasteiger partial charge in [0.1, 0.15) is 5.54 Å². The number of methoxy groups -OCH3 is 1. The molecule has 2 atom stereocenters. The van der Waals surface area contributed by atoms with Crippen LogP contribution in [0.2, 0.25) is 0 Å². The number of nitrogens with one attached hydrogen (secondary N) is 1. The van der Waals surface area contributed by atoms with E-state index in [0.717, 1.165) is 19.3 Å². The average Bonchev–Trinajstić information content (AvgIpc) is 2.78. The lowest BCUT2D eigenvalue weighted by Crippen LogP contribution is -2.49. The number of likely N-dealkylation sites (N-methyl/N-ethyl adjacent to an activating group) is 1. The van der Waals surface area contributed by atoms with Crippen LogP contribution in [0.4, 0.5) is 0 Å². The number of carbonyl (C=O) groups excluding carboxylic acids is 1. The lowest BCUT2D eigenvalue weighted by Gasteiger charge is -2.25. The molecule has 0 aromatic rings. The summed E-state index contributed by atoms with van der Waals surface area (Å²) < 4.78 is 4.91. The smallest absolute Gasteiger partial charge is 0.326 e. The van der Waals surface area contributed by atoms with Crippen LogP contribution in [0.15, 0.2) is 0 Å². The summed E-state index contributed by atoms with van der Waals surface area (Å²) in [6.07, 6.45) is 6.81. The minimum atomic E-state index is -0.419. The number of hydrogen-bond acceptors (Lipinski definition) is 4. The summed E-state index contributed by atoms with van der Waals surface area (Å²) in [5.41, 5.74) is -0.419. The van der Waals surface area contributed by atoms with Crippen LogP contribution in [-0.2, 0) is 9.53 Å². The number of carbonyl (C=O) groups is 1. The zero-order valence-corrected chi connectivity index (χ0v) is 12.1. The Balaban J connectivity index is 2.36. The highest BCUT2D eigenvalue weighted by Crippen LogP contribution is 2.38. The van der Waals surface area contributed by atoms with E-state index in [1.807, 2.05) is 18.8 Å². The maximum atomic E-state index is 11.8. The van der Waals surface area contributed by atoms with Gasteiger partial charge in [-0.15, -0.1) is 0 Å². The molecular weight excluding hydrogens is 234 g/mol. The van der Waals surface area contributed by atoms with Crippen LogP contribution in [0.5, 0.6) is 0 Å². The fourth-order valence-corrected chi connectivity index (χ4v) is 3.85. The third-order valence-electron chi connectivity index (χ3n) is 3.63. The minimum absolute atomic E-state index is 0.100. The Labute approximate surface area is 109 Å². The van der Waals surface area contributed by atoms with Gasteiger partial charge in [0.2, 0.25) is 0 Å². The van der Waals surface area contributed by atoms with Crippen molar-refractivity contribution in [2.24, 2.45) is 0 Å². The maximum absolute atomic E-state index is 11.8. The molecule has 1 rings (SSSR count). The molecule has 3 nitrogen and oxygen atoms in total. The first-order valence-corrected chi connectivity index (χ1v) is 7.62. The van der Waals surface area contributed by atoms with E-state index in [4.69, 9.17) is 4.74 Å². The van der Waals surface area contributed by atoms with Crippen LogP contribution < -0.4 is 5.32 Å². The Morgan fingerprint density at radius 1 is 1.53 bits per heavy atom. The van der Waals surface area contributed by atoms with E-state index in [2.05, 4.69) is 12.2 Å². The molecule has 1 saturated carbocycles. The van der Waals surface area contributed by atoms with Gasteiger partial charge in [-0.3, -0.25) is 4.79 Å². The molecule has 0 aromatic heterocycles. The van der Waals surface area contributed by atoms with Gasteiger partial charge in [-0.25, -0.2) is 0 Å². The molecule has 1 aliphatic carbocycles. The van der Waals surface area contributed by atoms with Crippen LogP contribution >= 0.6 is 11.8 Å². The lowest BCUT2D eigenvalue weighted by atomic mass is 9.98. The average molecular weight is 259 g/mol. The molecule has 1 aliphatic rings. The Kier molecular flexibility index (Phi) is 6.34. The number of ether oxygens (including phenoxy) is 1. The van der Waals surface area contributed by atoms with Gasteiger partial charge in [0.05, 0.1) is 7.11 Å². The molecule has 1 N–H and O–H groups in total. The van der Waals surface area contributed by atoms with E-state index < -0.39 is 5.54 Å². The van der Waals surface area contributed by atoms with Gasteiger partial charge in [0.25, 0.3) is 0 Å². The van der Waals surface area contributed by atoms with Crippen LogP contribution in [0.1, 0.15) is 45.4 Å². The van der Waals surface area contributed by atoms with Gasteiger partial charge in [-0.05, 0) is 38.5 Å². The van der Waals surface area contributed by atoms with E-state index in [1.165, 1.54) is 32.1 Å². The van der Waals surface area contributed by atoms with Crippen molar-refractivity contribution in [2.75, 3.05) is 19.9 Å². The first kappa shape index (κ1) is 14.8. The second kappa shape index (κ2) is 7.27. The molecule has 0 radical (unpaired) electrons. The fraction of sp³-hybridized carbons (Fsp3) is 0.923. The summed E-state index contributed by atoms with van der Waals surface area (Å²) in [5, 5.41) is 3.78. The highest BCUT2D eigenvalue weighted by molar-refractivity contribution is 7.99. The van der Waals surface area contributed by atoms with Crippen LogP contribution in [-0.4, -0.2) is 36.7 Å². The molecule has 4 heteroatoms. The van der Waals surface area contributed by atoms with Gasteiger partial charge in [-0.1, -0.05) is 19.8 Å². The molecule has 0 saturated heterocycles. The highest BCUT2D eigenvalue weighted by atomic mass is 32.2. The lowest BCUT2D eigenvalue weighted by molar-refractivity contribution is -0.148. The first-order valence-electron chi connectivity index (χ1n) is 6.57. The monoisotopic (exact) mass is 259 g/mol. The highest BCUT2D eigenvalue weighted by Gasteiger charge is 2.45. The predicted molar refractivity (Wildman–Crippen MR) is 73.4 cm³/mol. The van der Waals surface area contributed by atoms with Crippen LogP contribution in [0.25, 0.3) is 0 Å². The third-order valence-corrected chi connectivity index (χ3v) is 5.02. The number of unbranched alkanes of at least 4 members (excludes halogenated alkanes) is 2. The molecule has 0 amide bonds. The van der Waals surface area contributed by atoms with E-state index in [1.54, 1.807) is 0 Å². The minimum Gasteiger partial charge on any atom is -0.468 e. The van der Waals surface area contributed by atoms with Gasteiger partial charge < -0.3 is 10.1 Å². The molecule has 0 aliphatic heterocycles. The molecular formula is C13H25NO2S. The summed E-state index contributed by atoms with van der Waals surface area (Å²) >= 11 is 2.02. The quantitative estimate of drug-likeness (QED) is 0.563. The molecule has 100 valence electrons. The molecule has 0 aromatic carbocycles. The SMILES string of the molecule is CCCCCSC1CCC(NC)(C(=O)OC)C1. The van der Waals surface area contributed by atoms with Crippen molar-refractivity contribution >= 4 is 17.7 Å². The van der Waals surface area contributed by atoms with Crippen LogP contribution in [0.3, 0.4) is 0 Å². The summed E-state index contributed by atoms with van der Waals surface area (Å²) in [5.74, 6) is 1.12. The summed E-state index contributed by atoms with van der Waals surface area (Å²) in [6.45, 7) is 2.23. The Morgan fingerprint density at radius 3 is 2.88 bits per heavy atom. The van der Waals surface area contributed by atoms with Crippen molar-refractivity contribution in [3.63, 3.8) is 0 Å². The van der Waals surface area contributed by atoms with Crippen molar-refractivity contribution in [2.45, 2.75) is 56.2 Å². The second-order valence-electron chi connectivity index (χ2n) is 4.77. The summed E-state index contributed by atoms with van der Waals surface area (Å²) in [6, 6.07) is 0. The summed E-state index contributed by atoms with van der Waals surface area (Å²) in [7, 11) is 3.34. The van der Waals surface area contributed by atoms with E-state index in [-0.39, 0.29) is 5.97 Å². The Morgan fingerprint density at radius 2 is 2.29 bits per heavy atom. The zero-order chi connectivity index (χ0) is 12.7. The molecule has 0 heterocycles. The Hall–Kier alpha value is -0.220. The van der Waals surface area contributed by atoms with Gasteiger partial charge in [0, 0.05) is 5.25 Å². The van der Waals surface area contributed by atoms with E-state index in [9.17, 15) is 4.79 Å². The third kappa shape index (κ3) is 3.88. The molecule has 0 bridgehead atoms. The molecule has 1 fully saturated rings.